The molecule has 2 heterocycles. The zero-order valence-electron chi connectivity index (χ0n) is 12.3. The van der Waals surface area contributed by atoms with Gasteiger partial charge in [-0.1, -0.05) is 47.9 Å². The van der Waals surface area contributed by atoms with Gasteiger partial charge in [0, 0.05) is 0 Å². The fraction of sp³-hybridized carbons (Fsp3) is 0. The molecule has 0 saturated carbocycles. The van der Waals surface area contributed by atoms with Crippen molar-refractivity contribution in [2.75, 3.05) is 0 Å². The second-order valence-electron chi connectivity index (χ2n) is 4.61. The van der Waals surface area contributed by atoms with E-state index in [1.165, 1.54) is 0 Å². The summed E-state index contributed by atoms with van der Waals surface area (Å²) >= 11 is 0. The smallest absolute Gasteiger partial charge is 0.870 e. The van der Waals surface area contributed by atoms with Crippen molar-refractivity contribution in [3.63, 3.8) is 0 Å². The summed E-state index contributed by atoms with van der Waals surface area (Å²) in [6.45, 7) is 0. The van der Waals surface area contributed by atoms with Crippen LogP contribution >= 0.6 is 0 Å². The van der Waals surface area contributed by atoms with Crippen molar-refractivity contribution < 1.29 is 69.3 Å². The summed E-state index contributed by atoms with van der Waals surface area (Å²) in [5.41, 5.74) is 0.291. The number of hydrogen-bond acceptors (Lipinski definition) is 4. The number of benzene rings is 2. The Morgan fingerprint density at radius 1 is 0.591 bits per heavy atom. The van der Waals surface area contributed by atoms with Gasteiger partial charge in [0.05, 0.1) is 22.1 Å². The second-order valence-corrected chi connectivity index (χ2v) is 4.61. The van der Waals surface area contributed by atoms with Crippen LogP contribution in [0.1, 0.15) is 0 Å². The summed E-state index contributed by atoms with van der Waals surface area (Å²) in [5, 5.41) is 26.9. The van der Waals surface area contributed by atoms with E-state index in [1.807, 2.05) is 12.1 Å². The SMILES string of the molecule is [Na+].[Na+].[O-]C1=c2ccccc2=N/C1=C1\N=c2ccccc2=C1[O-]. The summed E-state index contributed by atoms with van der Waals surface area (Å²) in [6, 6.07) is 14.1. The molecule has 2 aromatic carbocycles. The first-order valence-electron chi connectivity index (χ1n) is 6.21. The molecule has 0 amide bonds. The van der Waals surface area contributed by atoms with E-state index >= 15 is 0 Å². The third kappa shape index (κ3) is 2.60. The minimum Gasteiger partial charge on any atom is -0.870 e. The van der Waals surface area contributed by atoms with Crippen LogP contribution in [0.5, 0.6) is 0 Å². The van der Waals surface area contributed by atoms with E-state index in [2.05, 4.69) is 9.98 Å². The molecule has 0 saturated heterocycles. The van der Waals surface area contributed by atoms with Gasteiger partial charge in [-0.25, -0.2) is 9.98 Å². The van der Waals surface area contributed by atoms with E-state index in [1.54, 1.807) is 36.4 Å². The zero-order valence-corrected chi connectivity index (χ0v) is 16.3. The largest absolute Gasteiger partial charge is 1.00 e. The molecule has 0 spiro atoms. The van der Waals surface area contributed by atoms with Gasteiger partial charge >= 0.3 is 59.1 Å². The first-order chi connectivity index (χ1) is 9.75. The topological polar surface area (TPSA) is 70.8 Å². The average molecular weight is 306 g/mol. The van der Waals surface area contributed by atoms with Crippen molar-refractivity contribution >= 4 is 11.5 Å². The summed E-state index contributed by atoms with van der Waals surface area (Å²) in [4.78, 5) is 8.53. The van der Waals surface area contributed by atoms with E-state index in [4.69, 9.17) is 0 Å². The van der Waals surface area contributed by atoms with Crippen molar-refractivity contribution in [1.82, 2.24) is 0 Å². The molecular formula is C16H8N2Na2O2. The van der Waals surface area contributed by atoms with Crippen molar-refractivity contribution in [2.45, 2.75) is 0 Å². The van der Waals surface area contributed by atoms with E-state index < -0.39 is 0 Å². The molecule has 22 heavy (non-hydrogen) atoms. The Morgan fingerprint density at radius 3 is 1.32 bits per heavy atom. The molecule has 6 heteroatoms. The second kappa shape index (κ2) is 6.71. The van der Waals surface area contributed by atoms with Gasteiger partial charge in [0.25, 0.3) is 0 Å². The number of para-hydroxylation sites is 2. The number of hydrogen-bond donors (Lipinski definition) is 0. The number of nitrogens with zero attached hydrogens (tertiary/aromatic N) is 2. The van der Waals surface area contributed by atoms with Crippen LogP contribution in [-0.2, 0) is 0 Å². The fourth-order valence-electron chi connectivity index (χ4n) is 2.44. The first-order valence-corrected chi connectivity index (χ1v) is 6.21. The molecule has 4 nitrogen and oxygen atoms in total. The van der Waals surface area contributed by atoms with Gasteiger partial charge in [-0.05, 0) is 22.6 Å². The van der Waals surface area contributed by atoms with E-state index in [-0.39, 0.29) is 82.0 Å². The third-order valence-electron chi connectivity index (χ3n) is 3.42. The maximum Gasteiger partial charge on any atom is 1.00 e. The van der Waals surface area contributed by atoms with Crippen molar-refractivity contribution in [3.8, 4) is 0 Å². The summed E-state index contributed by atoms with van der Waals surface area (Å²) in [7, 11) is 0. The maximum atomic E-state index is 12.3. The Kier molecular flexibility index (Phi) is 5.33. The minimum atomic E-state index is -0.236. The quantitative estimate of drug-likeness (QED) is 0.454. The van der Waals surface area contributed by atoms with Crippen molar-refractivity contribution in [2.24, 2.45) is 9.98 Å². The summed E-state index contributed by atoms with van der Waals surface area (Å²) < 4.78 is 0. The molecule has 0 unspecified atom stereocenters. The predicted octanol–water partition coefficient (Wildman–Crippen LogP) is -8.19. The third-order valence-corrected chi connectivity index (χ3v) is 3.42. The summed E-state index contributed by atoms with van der Waals surface area (Å²) in [6.07, 6.45) is 0. The van der Waals surface area contributed by atoms with Crippen LogP contribution in [0.25, 0.3) is 11.5 Å². The van der Waals surface area contributed by atoms with Crippen LogP contribution in [0.3, 0.4) is 0 Å². The first kappa shape index (κ1) is 17.5. The Balaban J connectivity index is 0.000000882. The standard InChI is InChI=1S/C16H10N2O2.2Na/c19-15-9-5-1-3-7-11(9)17-13(15)14-16(20)10-6-2-4-8-12(10)18-14;;/h1-8,19-20H;;/q;2*+1/p-2/b14-13-;;. The van der Waals surface area contributed by atoms with Crippen LogP contribution in [0.4, 0.5) is 0 Å². The van der Waals surface area contributed by atoms with Gasteiger partial charge in [0.2, 0.25) is 0 Å². The van der Waals surface area contributed by atoms with Gasteiger partial charge in [-0.15, -0.1) is 0 Å². The molecule has 0 N–H and O–H groups in total. The molecule has 96 valence electrons. The number of rotatable bonds is 0. The van der Waals surface area contributed by atoms with Crippen molar-refractivity contribution in [3.05, 3.63) is 81.1 Å². The fourth-order valence-corrected chi connectivity index (χ4v) is 2.44. The Bertz CT molecular complexity index is 943. The average Bonchev–Trinajstić information content (AvgIpc) is 2.98. The molecule has 2 aliphatic heterocycles. The predicted molar refractivity (Wildman–Crippen MR) is 68.3 cm³/mol. The van der Waals surface area contributed by atoms with Gasteiger partial charge in [0.15, 0.2) is 0 Å². The molecule has 0 fully saturated rings. The molecule has 0 aromatic heterocycles. The van der Waals surface area contributed by atoms with Crippen LogP contribution in [0.2, 0.25) is 0 Å². The van der Waals surface area contributed by atoms with Crippen LogP contribution in [0.15, 0.2) is 69.9 Å². The normalized spacial score (nSPS) is 17.6. The minimum absolute atomic E-state index is 0. The van der Waals surface area contributed by atoms with E-state index in [0.29, 0.717) is 21.2 Å². The molecule has 0 bridgehead atoms. The summed E-state index contributed by atoms with van der Waals surface area (Å²) in [5.74, 6) is -0.471. The van der Waals surface area contributed by atoms with Crippen LogP contribution in [-0.4, -0.2) is 0 Å². The van der Waals surface area contributed by atoms with Crippen molar-refractivity contribution in [1.29, 1.82) is 0 Å². The molecule has 0 radical (unpaired) electrons. The monoisotopic (exact) mass is 306 g/mol. The Morgan fingerprint density at radius 2 is 0.955 bits per heavy atom. The number of fused-ring (bicyclic) bond motifs is 2. The molecule has 2 aliphatic rings. The Hall–Kier alpha value is -0.880. The zero-order chi connectivity index (χ0) is 13.7. The van der Waals surface area contributed by atoms with Gasteiger partial charge in [-0.2, -0.15) is 0 Å². The van der Waals surface area contributed by atoms with Gasteiger partial charge in [-0.3, -0.25) is 0 Å². The van der Waals surface area contributed by atoms with Crippen LogP contribution < -0.4 is 90.5 Å². The van der Waals surface area contributed by atoms with Gasteiger partial charge < -0.3 is 10.2 Å². The molecule has 4 rings (SSSR count). The molecule has 0 atom stereocenters. The maximum absolute atomic E-state index is 12.3. The van der Waals surface area contributed by atoms with E-state index in [9.17, 15) is 10.2 Å². The van der Waals surface area contributed by atoms with Gasteiger partial charge in [0.1, 0.15) is 0 Å². The van der Waals surface area contributed by atoms with E-state index in [0.717, 1.165) is 0 Å². The van der Waals surface area contributed by atoms with Crippen LogP contribution in [0, 0.1) is 0 Å². The molecular weight excluding hydrogens is 298 g/mol. The molecule has 0 aliphatic carbocycles. The molecule has 2 aromatic rings. The Labute approximate surface area is 170 Å².